The number of para-hydroxylation sites is 1. The molecule has 2 heterocycles. The van der Waals surface area contributed by atoms with E-state index < -0.39 is 0 Å². The van der Waals surface area contributed by atoms with Gasteiger partial charge in [0.25, 0.3) is 0 Å². The predicted molar refractivity (Wildman–Crippen MR) is 93.0 cm³/mol. The van der Waals surface area contributed by atoms with Gasteiger partial charge in [-0.3, -0.25) is 4.79 Å². The number of aromatic nitrogens is 1. The lowest BCUT2D eigenvalue weighted by molar-refractivity contribution is -0.125. The van der Waals surface area contributed by atoms with E-state index in [9.17, 15) is 4.79 Å². The Morgan fingerprint density at radius 2 is 2.09 bits per heavy atom. The van der Waals surface area contributed by atoms with Crippen LogP contribution in [0.4, 0.5) is 0 Å². The molecule has 0 atom stereocenters. The molecule has 0 radical (unpaired) electrons. The summed E-state index contributed by atoms with van der Waals surface area (Å²) >= 11 is 0. The Morgan fingerprint density at radius 1 is 1.35 bits per heavy atom. The Bertz CT molecular complexity index is 672. The maximum atomic E-state index is 12.3. The molecular formula is C17H22ClN3O2. The molecule has 124 valence electrons. The van der Waals surface area contributed by atoms with E-state index in [1.807, 2.05) is 30.3 Å². The smallest absolute Gasteiger partial charge is 0.223 e. The zero-order valence-electron chi connectivity index (χ0n) is 13.2. The average Bonchev–Trinajstić information content (AvgIpc) is 2.59. The van der Waals surface area contributed by atoms with Crippen LogP contribution in [0.3, 0.4) is 0 Å². The highest BCUT2D eigenvalue weighted by atomic mass is 35.5. The van der Waals surface area contributed by atoms with Crippen molar-refractivity contribution in [3.8, 4) is 5.88 Å². The molecule has 0 unspecified atom stereocenters. The lowest BCUT2D eigenvalue weighted by Gasteiger charge is -2.22. The summed E-state index contributed by atoms with van der Waals surface area (Å²) in [6, 6.07) is 9.80. The van der Waals surface area contributed by atoms with Gasteiger partial charge in [-0.05, 0) is 37.6 Å². The Balaban J connectivity index is 0.00000192. The number of nitrogens with zero attached hydrogens (tertiary/aromatic N) is 1. The minimum Gasteiger partial charge on any atom is -0.481 e. The Kier molecular flexibility index (Phi) is 6.19. The van der Waals surface area contributed by atoms with E-state index in [1.165, 1.54) is 0 Å². The maximum Gasteiger partial charge on any atom is 0.223 e. The fourth-order valence-corrected chi connectivity index (χ4v) is 2.88. The van der Waals surface area contributed by atoms with Gasteiger partial charge in [0.15, 0.2) is 0 Å². The molecule has 1 saturated heterocycles. The van der Waals surface area contributed by atoms with E-state index in [2.05, 4.69) is 15.6 Å². The molecular weight excluding hydrogens is 314 g/mol. The first-order valence-corrected chi connectivity index (χ1v) is 7.69. The van der Waals surface area contributed by atoms with Gasteiger partial charge in [0.05, 0.1) is 12.6 Å². The molecule has 5 nitrogen and oxygen atoms in total. The average molecular weight is 336 g/mol. The molecule has 3 rings (SSSR count). The summed E-state index contributed by atoms with van der Waals surface area (Å²) in [6.45, 7) is 2.34. The van der Waals surface area contributed by atoms with Crippen LogP contribution in [0.5, 0.6) is 5.88 Å². The van der Waals surface area contributed by atoms with E-state index in [0.717, 1.165) is 42.4 Å². The molecule has 1 aromatic heterocycles. The largest absolute Gasteiger partial charge is 0.481 e. The highest BCUT2D eigenvalue weighted by molar-refractivity contribution is 5.85. The number of halogens is 1. The van der Waals surface area contributed by atoms with Crippen LogP contribution in [0, 0.1) is 5.92 Å². The first-order valence-electron chi connectivity index (χ1n) is 7.69. The van der Waals surface area contributed by atoms with Crippen LogP contribution in [-0.2, 0) is 11.3 Å². The van der Waals surface area contributed by atoms with Crippen LogP contribution in [0.1, 0.15) is 18.4 Å². The second kappa shape index (κ2) is 8.13. The summed E-state index contributed by atoms with van der Waals surface area (Å²) in [5.41, 5.74) is 1.91. The first kappa shape index (κ1) is 17.5. The molecule has 1 amide bonds. The SMILES string of the molecule is COc1cc(CNC(=O)C2CCNCC2)c2ccccc2n1.Cl. The second-order valence-corrected chi connectivity index (χ2v) is 5.58. The second-order valence-electron chi connectivity index (χ2n) is 5.58. The van der Waals surface area contributed by atoms with Gasteiger partial charge in [0.1, 0.15) is 0 Å². The number of hydrogen-bond donors (Lipinski definition) is 2. The number of carbonyl (C=O) groups excluding carboxylic acids is 1. The van der Waals surface area contributed by atoms with Gasteiger partial charge < -0.3 is 15.4 Å². The number of pyridine rings is 1. The molecule has 0 spiro atoms. The quantitative estimate of drug-likeness (QED) is 0.899. The van der Waals surface area contributed by atoms with Gasteiger partial charge in [-0.15, -0.1) is 12.4 Å². The number of fused-ring (bicyclic) bond motifs is 1. The Labute approximate surface area is 142 Å². The monoisotopic (exact) mass is 335 g/mol. The van der Waals surface area contributed by atoms with Crippen LogP contribution >= 0.6 is 12.4 Å². The highest BCUT2D eigenvalue weighted by Gasteiger charge is 2.20. The van der Waals surface area contributed by atoms with Crippen LogP contribution in [0.25, 0.3) is 10.9 Å². The minimum atomic E-state index is 0. The van der Waals surface area contributed by atoms with E-state index in [1.54, 1.807) is 7.11 Å². The molecule has 0 bridgehead atoms. The first-order chi connectivity index (χ1) is 10.8. The van der Waals surface area contributed by atoms with Gasteiger partial charge in [0.2, 0.25) is 11.8 Å². The molecule has 1 aromatic carbocycles. The number of ether oxygens (including phenoxy) is 1. The van der Waals surface area contributed by atoms with Crippen LogP contribution < -0.4 is 15.4 Å². The maximum absolute atomic E-state index is 12.3. The molecule has 6 heteroatoms. The number of rotatable bonds is 4. The third-order valence-electron chi connectivity index (χ3n) is 4.15. The van der Waals surface area contributed by atoms with Gasteiger partial charge >= 0.3 is 0 Å². The minimum absolute atomic E-state index is 0. The molecule has 1 aliphatic rings. The third-order valence-corrected chi connectivity index (χ3v) is 4.15. The lowest BCUT2D eigenvalue weighted by atomic mass is 9.97. The van der Waals surface area contributed by atoms with E-state index in [0.29, 0.717) is 12.4 Å². The van der Waals surface area contributed by atoms with Crippen molar-refractivity contribution in [3.05, 3.63) is 35.9 Å². The molecule has 0 aliphatic carbocycles. The fraction of sp³-hybridized carbons (Fsp3) is 0.412. The highest BCUT2D eigenvalue weighted by Crippen LogP contribution is 2.22. The molecule has 2 aromatic rings. The fourth-order valence-electron chi connectivity index (χ4n) is 2.88. The van der Waals surface area contributed by atoms with E-state index >= 15 is 0 Å². The summed E-state index contributed by atoms with van der Waals surface area (Å²) < 4.78 is 5.25. The summed E-state index contributed by atoms with van der Waals surface area (Å²) in [5, 5.41) is 7.39. The normalized spacial score (nSPS) is 15.0. The van der Waals surface area contributed by atoms with Crippen molar-refractivity contribution in [2.24, 2.45) is 5.92 Å². The topological polar surface area (TPSA) is 63.2 Å². The molecule has 0 saturated carbocycles. The summed E-state index contributed by atoms with van der Waals surface area (Å²) in [7, 11) is 1.61. The van der Waals surface area contributed by atoms with Gasteiger partial charge in [-0.1, -0.05) is 18.2 Å². The summed E-state index contributed by atoms with van der Waals surface area (Å²) in [5.74, 6) is 0.836. The van der Waals surface area contributed by atoms with Gasteiger partial charge in [-0.25, -0.2) is 4.98 Å². The number of nitrogens with one attached hydrogen (secondary N) is 2. The van der Waals surface area contributed by atoms with Gasteiger partial charge in [0, 0.05) is 23.9 Å². The molecule has 1 aliphatic heterocycles. The summed E-state index contributed by atoms with van der Waals surface area (Å²) in [6.07, 6.45) is 1.82. The Morgan fingerprint density at radius 3 is 2.83 bits per heavy atom. The Hall–Kier alpha value is -1.85. The number of hydrogen-bond acceptors (Lipinski definition) is 4. The zero-order chi connectivity index (χ0) is 15.4. The van der Waals surface area contributed by atoms with Crippen LogP contribution in [0.2, 0.25) is 0 Å². The number of methoxy groups -OCH3 is 1. The summed E-state index contributed by atoms with van der Waals surface area (Å²) in [4.78, 5) is 16.7. The molecule has 2 N–H and O–H groups in total. The van der Waals surface area contributed by atoms with Crippen LogP contribution in [0.15, 0.2) is 30.3 Å². The number of amides is 1. The van der Waals surface area contributed by atoms with Crippen molar-refractivity contribution in [1.29, 1.82) is 0 Å². The van der Waals surface area contributed by atoms with Crippen molar-refractivity contribution < 1.29 is 9.53 Å². The van der Waals surface area contributed by atoms with E-state index in [4.69, 9.17) is 4.74 Å². The molecule has 1 fully saturated rings. The zero-order valence-corrected chi connectivity index (χ0v) is 14.0. The predicted octanol–water partition coefficient (Wildman–Crippen LogP) is 2.28. The van der Waals surface area contributed by atoms with Crippen molar-refractivity contribution in [2.75, 3.05) is 20.2 Å². The van der Waals surface area contributed by atoms with E-state index in [-0.39, 0.29) is 24.2 Å². The number of carbonyl (C=O) groups is 1. The third kappa shape index (κ3) is 4.12. The lowest BCUT2D eigenvalue weighted by Crippen LogP contribution is -2.37. The van der Waals surface area contributed by atoms with Crippen molar-refractivity contribution in [2.45, 2.75) is 19.4 Å². The molecule has 23 heavy (non-hydrogen) atoms. The van der Waals surface area contributed by atoms with Crippen LogP contribution in [-0.4, -0.2) is 31.1 Å². The number of benzene rings is 1. The standard InChI is InChI=1S/C17H21N3O2.ClH/c1-22-16-10-13(14-4-2-3-5-15(14)20-16)11-19-17(21)12-6-8-18-9-7-12;/h2-5,10,12,18H,6-9,11H2,1H3,(H,19,21);1H. The number of piperidine rings is 1. The van der Waals surface area contributed by atoms with Crippen molar-refractivity contribution in [3.63, 3.8) is 0 Å². The van der Waals surface area contributed by atoms with Crippen molar-refractivity contribution >= 4 is 29.2 Å². The van der Waals surface area contributed by atoms with Gasteiger partial charge in [-0.2, -0.15) is 0 Å². The van der Waals surface area contributed by atoms with Crippen molar-refractivity contribution in [1.82, 2.24) is 15.6 Å².